The number of aromatic nitrogens is 1. The Morgan fingerprint density at radius 3 is 2.78 bits per heavy atom. The van der Waals surface area contributed by atoms with Gasteiger partial charge in [-0.25, -0.2) is 4.98 Å². The van der Waals surface area contributed by atoms with Gasteiger partial charge in [-0.05, 0) is 61.8 Å². The average Bonchev–Trinajstić information content (AvgIpc) is 3.18. The highest BCUT2D eigenvalue weighted by molar-refractivity contribution is 7.21. The zero-order chi connectivity index (χ0) is 15.8. The van der Waals surface area contributed by atoms with Gasteiger partial charge in [0, 0.05) is 11.6 Å². The molecule has 4 rings (SSSR count). The van der Waals surface area contributed by atoms with Gasteiger partial charge in [0.2, 0.25) is 0 Å². The predicted octanol–water partition coefficient (Wildman–Crippen LogP) is 4.92. The summed E-state index contributed by atoms with van der Waals surface area (Å²) in [6.45, 7) is 3.40. The smallest absolute Gasteiger partial charge is 0.128 e. The molecule has 1 saturated heterocycles. The van der Waals surface area contributed by atoms with Crippen LogP contribution in [0.15, 0.2) is 36.4 Å². The molecule has 0 radical (unpaired) electrons. The van der Waals surface area contributed by atoms with Crippen LogP contribution in [0.4, 0.5) is 0 Å². The first-order chi connectivity index (χ1) is 11.2. The molecule has 0 unspecified atom stereocenters. The fourth-order valence-electron chi connectivity index (χ4n) is 3.06. The van der Waals surface area contributed by atoms with Crippen LogP contribution in [0.2, 0.25) is 5.02 Å². The van der Waals surface area contributed by atoms with Crippen LogP contribution in [0.25, 0.3) is 20.8 Å². The number of hydrogen-bond donors (Lipinski definition) is 1. The summed E-state index contributed by atoms with van der Waals surface area (Å²) in [5, 5.41) is 11.5. The number of halogens is 1. The van der Waals surface area contributed by atoms with E-state index < -0.39 is 0 Å². The average molecular weight is 345 g/mol. The summed E-state index contributed by atoms with van der Waals surface area (Å²) in [5.41, 5.74) is 2.99. The Hall–Kier alpha value is -1.62. The van der Waals surface area contributed by atoms with Crippen LogP contribution in [0, 0.1) is 0 Å². The molecule has 2 heterocycles. The van der Waals surface area contributed by atoms with Crippen molar-refractivity contribution in [3.8, 4) is 16.3 Å². The first-order valence-electron chi connectivity index (χ1n) is 7.80. The van der Waals surface area contributed by atoms with Crippen molar-refractivity contribution in [2.45, 2.75) is 19.4 Å². The van der Waals surface area contributed by atoms with Gasteiger partial charge in [0.05, 0.1) is 15.8 Å². The third kappa shape index (κ3) is 3.07. The fourth-order valence-corrected chi connectivity index (χ4v) is 4.29. The van der Waals surface area contributed by atoms with E-state index in [9.17, 15) is 5.11 Å². The van der Waals surface area contributed by atoms with E-state index in [4.69, 9.17) is 11.6 Å². The number of rotatable bonds is 3. The van der Waals surface area contributed by atoms with Gasteiger partial charge in [0.15, 0.2) is 0 Å². The number of aromatic hydroxyl groups is 1. The number of phenols is 1. The summed E-state index contributed by atoms with van der Waals surface area (Å²) in [7, 11) is 0. The standard InChI is InChI=1S/C18H17ClN2OS/c19-13-4-6-16(22)14(10-13)18-20-15-5-3-12(9-17(15)23-18)11-21-7-1-2-8-21/h3-6,9-10,22H,1-2,7-8,11H2. The van der Waals surface area contributed by atoms with Crippen molar-refractivity contribution in [2.24, 2.45) is 0 Å². The lowest BCUT2D eigenvalue weighted by atomic mass is 10.2. The van der Waals surface area contributed by atoms with Gasteiger partial charge in [-0.2, -0.15) is 0 Å². The summed E-state index contributed by atoms with van der Waals surface area (Å²) in [6.07, 6.45) is 2.61. The van der Waals surface area contributed by atoms with Crippen LogP contribution in [-0.4, -0.2) is 28.1 Å². The second kappa shape index (κ2) is 6.11. The highest BCUT2D eigenvalue weighted by atomic mass is 35.5. The van der Waals surface area contributed by atoms with E-state index >= 15 is 0 Å². The van der Waals surface area contributed by atoms with E-state index in [0.29, 0.717) is 10.6 Å². The minimum Gasteiger partial charge on any atom is -0.507 e. The molecule has 1 N–H and O–H groups in total. The molecule has 3 nitrogen and oxygen atoms in total. The van der Waals surface area contributed by atoms with Crippen molar-refractivity contribution in [3.63, 3.8) is 0 Å². The Morgan fingerprint density at radius 2 is 1.96 bits per heavy atom. The number of phenolic OH excluding ortho intramolecular Hbond substituents is 1. The molecular weight excluding hydrogens is 328 g/mol. The number of hydrogen-bond acceptors (Lipinski definition) is 4. The molecule has 2 aromatic carbocycles. The molecular formula is C18H17ClN2OS. The number of thiazole rings is 1. The Balaban J connectivity index is 1.68. The lowest BCUT2D eigenvalue weighted by Crippen LogP contribution is -2.18. The number of likely N-dealkylation sites (tertiary alicyclic amines) is 1. The van der Waals surface area contributed by atoms with Gasteiger partial charge >= 0.3 is 0 Å². The van der Waals surface area contributed by atoms with Gasteiger partial charge < -0.3 is 5.11 Å². The van der Waals surface area contributed by atoms with Crippen LogP contribution in [0.3, 0.4) is 0 Å². The molecule has 0 spiro atoms. The molecule has 0 atom stereocenters. The molecule has 23 heavy (non-hydrogen) atoms. The minimum atomic E-state index is 0.214. The normalized spacial score (nSPS) is 15.5. The zero-order valence-electron chi connectivity index (χ0n) is 12.6. The lowest BCUT2D eigenvalue weighted by molar-refractivity contribution is 0.331. The van der Waals surface area contributed by atoms with Gasteiger partial charge in [-0.1, -0.05) is 17.7 Å². The van der Waals surface area contributed by atoms with Crippen molar-refractivity contribution in [3.05, 3.63) is 47.0 Å². The SMILES string of the molecule is Oc1ccc(Cl)cc1-c1nc2ccc(CN3CCCC3)cc2s1. The third-order valence-corrected chi connectivity index (χ3v) is 5.53. The van der Waals surface area contributed by atoms with Crippen molar-refractivity contribution < 1.29 is 5.11 Å². The highest BCUT2D eigenvalue weighted by Gasteiger charge is 2.14. The topological polar surface area (TPSA) is 36.4 Å². The maximum Gasteiger partial charge on any atom is 0.128 e. The highest BCUT2D eigenvalue weighted by Crippen LogP contribution is 2.37. The Labute approximate surface area is 144 Å². The molecule has 5 heteroatoms. The van der Waals surface area contributed by atoms with E-state index in [0.717, 1.165) is 21.8 Å². The van der Waals surface area contributed by atoms with Crippen LogP contribution < -0.4 is 0 Å². The summed E-state index contributed by atoms with van der Waals surface area (Å²) in [5.74, 6) is 0.214. The first kappa shape index (κ1) is 14.9. The first-order valence-corrected chi connectivity index (χ1v) is 8.99. The molecule has 0 aliphatic carbocycles. The minimum absolute atomic E-state index is 0.214. The molecule has 118 valence electrons. The molecule has 3 aromatic rings. The Kier molecular flexibility index (Phi) is 3.97. The van der Waals surface area contributed by atoms with E-state index in [1.54, 1.807) is 29.5 Å². The van der Waals surface area contributed by atoms with Crippen molar-refractivity contribution >= 4 is 33.2 Å². The molecule has 1 fully saturated rings. The van der Waals surface area contributed by atoms with Crippen LogP contribution in [0.1, 0.15) is 18.4 Å². The predicted molar refractivity (Wildman–Crippen MR) is 96.2 cm³/mol. The molecule has 1 aliphatic rings. The fraction of sp³-hybridized carbons (Fsp3) is 0.278. The Morgan fingerprint density at radius 1 is 1.13 bits per heavy atom. The van der Waals surface area contributed by atoms with E-state index in [1.165, 1.54) is 31.5 Å². The largest absolute Gasteiger partial charge is 0.507 e. The van der Waals surface area contributed by atoms with Gasteiger partial charge in [0.1, 0.15) is 10.8 Å². The number of nitrogens with zero attached hydrogens (tertiary/aromatic N) is 2. The maximum absolute atomic E-state index is 10.1. The van der Waals surface area contributed by atoms with Gasteiger partial charge in [0.25, 0.3) is 0 Å². The molecule has 0 bridgehead atoms. The van der Waals surface area contributed by atoms with Crippen molar-refractivity contribution in [1.82, 2.24) is 9.88 Å². The quantitative estimate of drug-likeness (QED) is 0.732. The maximum atomic E-state index is 10.1. The number of benzene rings is 2. The second-order valence-corrected chi connectivity index (χ2v) is 7.43. The summed E-state index contributed by atoms with van der Waals surface area (Å²) in [4.78, 5) is 7.14. The molecule has 1 aliphatic heterocycles. The number of fused-ring (bicyclic) bond motifs is 1. The van der Waals surface area contributed by atoms with Crippen LogP contribution >= 0.6 is 22.9 Å². The summed E-state index contributed by atoms with van der Waals surface area (Å²) >= 11 is 7.64. The van der Waals surface area contributed by atoms with Gasteiger partial charge in [-0.3, -0.25) is 4.90 Å². The summed E-state index contributed by atoms with van der Waals surface area (Å²) in [6, 6.07) is 11.5. The van der Waals surface area contributed by atoms with E-state index in [2.05, 4.69) is 28.1 Å². The van der Waals surface area contributed by atoms with Crippen molar-refractivity contribution in [1.29, 1.82) is 0 Å². The second-order valence-electron chi connectivity index (χ2n) is 5.97. The summed E-state index contributed by atoms with van der Waals surface area (Å²) < 4.78 is 1.15. The molecule has 1 aromatic heterocycles. The zero-order valence-corrected chi connectivity index (χ0v) is 14.2. The van der Waals surface area contributed by atoms with Crippen LogP contribution in [-0.2, 0) is 6.54 Å². The van der Waals surface area contributed by atoms with E-state index in [-0.39, 0.29) is 5.75 Å². The monoisotopic (exact) mass is 344 g/mol. The van der Waals surface area contributed by atoms with E-state index in [1.807, 2.05) is 0 Å². The van der Waals surface area contributed by atoms with Gasteiger partial charge in [-0.15, -0.1) is 11.3 Å². The van der Waals surface area contributed by atoms with Crippen LogP contribution in [0.5, 0.6) is 5.75 Å². The Bertz CT molecular complexity index is 855. The lowest BCUT2D eigenvalue weighted by Gasteiger charge is -2.14. The third-order valence-electron chi connectivity index (χ3n) is 4.25. The molecule has 0 amide bonds. The molecule has 0 saturated carbocycles. The van der Waals surface area contributed by atoms with Crippen molar-refractivity contribution in [2.75, 3.05) is 13.1 Å².